The van der Waals surface area contributed by atoms with Crippen LogP contribution in [-0.4, -0.2) is 32.5 Å². The first-order valence-corrected chi connectivity index (χ1v) is 7.33. The number of nitrogens with zero attached hydrogens (tertiary/aromatic N) is 4. The number of primary amides is 1. The van der Waals surface area contributed by atoms with Crippen molar-refractivity contribution < 1.29 is 22.7 Å². The Kier molecular flexibility index (Phi) is 4.57. The fourth-order valence-electron chi connectivity index (χ4n) is 2.17. The van der Waals surface area contributed by atoms with Gasteiger partial charge in [-0.3, -0.25) is 4.79 Å². The van der Waals surface area contributed by atoms with Gasteiger partial charge in [0.15, 0.2) is 0 Å². The first-order valence-electron chi connectivity index (χ1n) is 7.33. The smallest absolute Gasteiger partial charge is 0.406 e. The van der Waals surface area contributed by atoms with Crippen LogP contribution in [0.3, 0.4) is 0 Å². The Balaban J connectivity index is 1.69. The van der Waals surface area contributed by atoms with Gasteiger partial charge in [-0.1, -0.05) is 24.3 Å². The summed E-state index contributed by atoms with van der Waals surface area (Å²) < 4.78 is 40.2. The lowest BCUT2D eigenvalue weighted by Gasteiger charge is -2.08. The lowest BCUT2D eigenvalue weighted by Crippen LogP contribution is -2.17. The number of rotatable bonds is 5. The molecule has 1 aromatic heterocycles. The number of halogens is 3. The van der Waals surface area contributed by atoms with E-state index in [-0.39, 0.29) is 12.3 Å². The van der Waals surface area contributed by atoms with E-state index >= 15 is 0 Å². The molecule has 0 aliphatic heterocycles. The zero-order chi connectivity index (χ0) is 18.7. The fourth-order valence-corrected chi connectivity index (χ4v) is 2.17. The molecule has 0 bridgehead atoms. The molecule has 0 radical (unpaired) electrons. The number of amides is 1. The number of nitrogens with two attached hydrogens (primary N) is 1. The van der Waals surface area contributed by atoms with E-state index in [1.165, 1.54) is 29.1 Å². The van der Waals surface area contributed by atoms with E-state index in [1.807, 2.05) is 0 Å². The minimum Gasteiger partial charge on any atom is -0.406 e. The lowest BCUT2D eigenvalue weighted by atomic mass is 10.1. The molecule has 0 aliphatic carbocycles. The molecule has 0 fully saturated rings. The summed E-state index contributed by atoms with van der Waals surface area (Å²) in [5.74, 6) is -0.493. The van der Waals surface area contributed by atoms with Crippen molar-refractivity contribution in [3.05, 3.63) is 59.7 Å². The van der Waals surface area contributed by atoms with Gasteiger partial charge < -0.3 is 10.5 Å². The number of carbonyl (C=O) groups is 1. The summed E-state index contributed by atoms with van der Waals surface area (Å²) in [6, 6.07) is 11.8. The number of ether oxygens (including phenoxy) is 1. The van der Waals surface area contributed by atoms with Crippen LogP contribution in [-0.2, 0) is 6.54 Å². The molecule has 1 amide bonds. The molecule has 0 spiro atoms. The van der Waals surface area contributed by atoms with Crippen molar-refractivity contribution in [3.8, 4) is 17.1 Å². The molecule has 0 saturated heterocycles. The van der Waals surface area contributed by atoms with Gasteiger partial charge in [0.1, 0.15) is 5.75 Å². The molecule has 2 aromatic carbocycles. The number of alkyl halides is 3. The molecular formula is C16H12F3N5O2. The second kappa shape index (κ2) is 6.82. The summed E-state index contributed by atoms with van der Waals surface area (Å²) in [6.07, 6.45) is -4.73. The summed E-state index contributed by atoms with van der Waals surface area (Å²) in [5.41, 5.74) is 6.86. The van der Waals surface area contributed by atoms with Crippen molar-refractivity contribution in [1.82, 2.24) is 20.2 Å². The molecule has 2 N–H and O–H groups in total. The predicted octanol–water partition coefficient (Wildman–Crippen LogP) is 2.39. The summed E-state index contributed by atoms with van der Waals surface area (Å²) >= 11 is 0. The minimum absolute atomic E-state index is 0.221. The minimum atomic E-state index is -4.73. The number of hydrogen-bond acceptors (Lipinski definition) is 5. The summed E-state index contributed by atoms with van der Waals surface area (Å²) in [5, 5.41) is 12.0. The monoisotopic (exact) mass is 363 g/mol. The van der Waals surface area contributed by atoms with Gasteiger partial charge in [0.25, 0.3) is 0 Å². The normalized spacial score (nSPS) is 11.3. The molecule has 0 atom stereocenters. The van der Waals surface area contributed by atoms with Crippen molar-refractivity contribution >= 4 is 5.91 Å². The summed E-state index contributed by atoms with van der Waals surface area (Å²) in [7, 11) is 0. The van der Waals surface area contributed by atoms with Gasteiger partial charge in [-0.05, 0) is 35.0 Å². The Bertz CT molecular complexity index is 905. The average Bonchev–Trinajstić information content (AvgIpc) is 3.04. The van der Waals surface area contributed by atoms with Gasteiger partial charge in [-0.2, -0.15) is 4.80 Å². The SMILES string of the molecule is NC(=O)c1ccc(-c2nnn(Cc3ccc(OC(F)(F)F)cc3)n2)cc1. The average molecular weight is 363 g/mol. The molecule has 3 rings (SSSR count). The number of tetrazole rings is 1. The van der Waals surface area contributed by atoms with Gasteiger partial charge in [0.05, 0.1) is 6.54 Å². The third kappa shape index (κ3) is 4.35. The van der Waals surface area contributed by atoms with Crippen LogP contribution < -0.4 is 10.5 Å². The topological polar surface area (TPSA) is 95.9 Å². The van der Waals surface area contributed by atoms with Gasteiger partial charge in [0.2, 0.25) is 11.7 Å². The van der Waals surface area contributed by atoms with E-state index in [9.17, 15) is 18.0 Å². The highest BCUT2D eigenvalue weighted by Crippen LogP contribution is 2.23. The van der Waals surface area contributed by atoms with Crippen molar-refractivity contribution in [2.24, 2.45) is 5.73 Å². The summed E-state index contributed by atoms with van der Waals surface area (Å²) in [6.45, 7) is 0.221. The third-order valence-corrected chi connectivity index (χ3v) is 3.36. The molecule has 0 aliphatic rings. The van der Waals surface area contributed by atoms with Crippen molar-refractivity contribution in [3.63, 3.8) is 0 Å². The van der Waals surface area contributed by atoms with Crippen LogP contribution >= 0.6 is 0 Å². The molecule has 1 heterocycles. The molecule has 26 heavy (non-hydrogen) atoms. The van der Waals surface area contributed by atoms with E-state index in [4.69, 9.17) is 5.73 Å². The first kappa shape index (κ1) is 17.4. The highest BCUT2D eigenvalue weighted by atomic mass is 19.4. The Hall–Kier alpha value is -3.43. The zero-order valence-corrected chi connectivity index (χ0v) is 13.1. The maximum atomic E-state index is 12.1. The fraction of sp³-hybridized carbons (Fsp3) is 0.125. The second-order valence-corrected chi connectivity index (χ2v) is 5.28. The first-order chi connectivity index (χ1) is 12.3. The third-order valence-electron chi connectivity index (χ3n) is 3.36. The molecule has 134 valence electrons. The predicted molar refractivity (Wildman–Crippen MR) is 84.0 cm³/mol. The summed E-state index contributed by atoms with van der Waals surface area (Å²) in [4.78, 5) is 12.4. The van der Waals surface area contributed by atoms with Crippen LogP contribution in [0.1, 0.15) is 15.9 Å². The van der Waals surface area contributed by atoms with Crippen molar-refractivity contribution in [1.29, 1.82) is 0 Å². The number of hydrogen-bond donors (Lipinski definition) is 1. The van der Waals surface area contributed by atoms with Gasteiger partial charge in [-0.15, -0.1) is 23.4 Å². The van der Waals surface area contributed by atoms with Gasteiger partial charge in [-0.25, -0.2) is 0 Å². The lowest BCUT2D eigenvalue weighted by molar-refractivity contribution is -0.274. The molecule has 0 saturated carbocycles. The van der Waals surface area contributed by atoms with E-state index < -0.39 is 12.3 Å². The van der Waals surface area contributed by atoms with E-state index in [1.54, 1.807) is 24.3 Å². The number of aromatic nitrogens is 4. The quantitative estimate of drug-likeness (QED) is 0.751. The molecule has 0 unspecified atom stereocenters. The van der Waals surface area contributed by atoms with Crippen LogP contribution in [0.15, 0.2) is 48.5 Å². The number of benzene rings is 2. The van der Waals surface area contributed by atoms with Crippen LogP contribution in [0.5, 0.6) is 5.75 Å². The maximum Gasteiger partial charge on any atom is 0.573 e. The van der Waals surface area contributed by atoms with Crippen LogP contribution in [0, 0.1) is 0 Å². The molecular weight excluding hydrogens is 351 g/mol. The molecule has 10 heteroatoms. The largest absolute Gasteiger partial charge is 0.573 e. The van der Waals surface area contributed by atoms with Crippen molar-refractivity contribution in [2.45, 2.75) is 12.9 Å². The van der Waals surface area contributed by atoms with E-state index in [0.717, 1.165) is 0 Å². The molecule has 3 aromatic rings. The number of carbonyl (C=O) groups excluding carboxylic acids is 1. The standard InChI is InChI=1S/C16H12F3N5O2/c17-16(18,19)26-13-7-1-10(2-8-13)9-24-22-15(21-23-24)12-5-3-11(4-6-12)14(20)25/h1-8H,9H2,(H2,20,25). The van der Waals surface area contributed by atoms with Crippen LogP contribution in [0.2, 0.25) is 0 Å². The second-order valence-electron chi connectivity index (χ2n) is 5.28. The highest BCUT2D eigenvalue weighted by molar-refractivity contribution is 5.93. The molecule has 7 nitrogen and oxygen atoms in total. The van der Waals surface area contributed by atoms with E-state index in [0.29, 0.717) is 22.5 Å². The Labute approximate surface area is 145 Å². The zero-order valence-electron chi connectivity index (χ0n) is 13.1. The van der Waals surface area contributed by atoms with Gasteiger partial charge >= 0.3 is 6.36 Å². The van der Waals surface area contributed by atoms with Gasteiger partial charge in [0, 0.05) is 11.1 Å². The van der Waals surface area contributed by atoms with Crippen LogP contribution in [0.4, 0.5) is 13.2 Å². The Morgan fingerprint density at radius 3 is 2.31 bits per heavy atom. The van der Waals surface area contributed by atoms with Crippen molar-refractivity contribution in [2.75, 3.05) is 0 Å². The Morgan fingerprint density at radius 1 is 1.08 bits per heavy atom. The Morgan fingerprint density at radius 2 is 1.73 bits per heavy atom. The van der Waals surface area contributed by atoms with E-state index in [2.05, 4.69) is 20.1 Å². The maximum absolute atomic E-state index is 12.1. The highest BCUT2D eigenvalue weighted by Gasteiger charge is 2.30. The van der Waals surface area contributed by atoms with Crippen LogP contribution in [0.25, 0.3) is 11.4 Å².